The highest BCUT2D eigenvalue weighted by Crippen LogP contribution is 2.58. The lowest BCUT2D eigenvalue weighted by Gasteiger charge is -2.47. The first kappa shape index (κ1) is 25.0. The predicted molar refractivity (Wildman–Crippen MR) is 152 cm³/mol. The maximum Gasteiger partial charge on any atom is 0.248 e. The van der Waals surface area contributed by atoms with Gasteiger partial charge in [0.15, 0.2) is 5.78 Å². The zero-order valence-corrected chi connectivity index (χ0v) is 22.5. The Bertz CT molecular complexity index is 1630. The van der Waals surface area contributed by atoms with Crippen LogP contribution in [0.2, 0.25) is 5.02 Å². The average molecular weight is 535 g/mol. The van der Waals surface area contributed by atoms with Crippen molar-refractivity contribution in [1.29, 1.82) is 5.26 Å². The second-order valence-electron chi connectivity index (χ2n) is 11.1. The molecule has 2 aliphatic heterocycles. The molecule has 3 aromatic rings. The zero-order chi connectivity index (χ0) is 27.5. The number of nitriles is 1. The first-order valence-corrected chi connectivity index (χ1v) is 13.2. The molecule has 2 heterocycles. The maximum absolute atomic E-state index is 14.8. The highest BCUT2D eigenvalue weighted by atomic mass is 35.5. The molecule has 3 aromatic carbocycles. The van der Waals surface area contributed by atoms with E-state index in [1.807, 2.05) is 80.6 Å². The first-order chi connectivity index (χ1) is 18.7. The van der Waals surface area contributed by atoms with E-state index >= 15 is 0 Å². The Balaban J connectivity index is 1.66. The van der Waals surface area contributed by atoms with Gasteiger partial charge in [0.25, 0.3) is 0 Å². The number of benzene rings is 3. The lowest BCUT2D eigenvalue weighted by atomic mass is 9.60. The summed E-state index contributed by atoms with van der Waals surface area (Å²) in [5.74, 6) is -0.331. The Morgan fingerprint density at radius 1 is 0.949 bits per heavy atom. The number of Topliss-reactive ketones (excluding diaryl/α,β-unsaturated/α-hetero) is 1. The number of carbonyl (C=O) groups excluding carboxylic acids is 2. The number of fused-ring (bicyclic) bond motifs is 3. The van der Waals surface area contributed by atoms with Gasteiger partial charge in [-0.25, -0.2) is 0 Å². The van der Waals surface area contributed by atoms with Crippen molar-refractivity contribution in [1.82, 2.24) is 0 Å². The Labute approximate surface area is 232 Å². The van der Waals surface area contributed by atoms with E-state index in [0.717, 1.165) is 5.56 Å². The minimum Gasteiger partial charge on any atom is -0.384 e. The second-order valence-corrected chi connectivity index (χ2v) is 11.5. The molecule has 1 amide bonds. The van der Waals surface area contributed by atoms with Crippen LogP contribution in [0.4, 0.5) is 11.4 Å². The number of hydrogen-bond acceptors (Lipinski definition) is 5. The summed E-state index contributed by atoms with van der Waals surface area (Å²) in [6.45, 7) is 4.38. The van der Waals surface area contributed by atoms with Crippen molar-refractivity contribution in [2.75, 3.05) is 9.80 Å². The summed E-state index contributed by atoms with van der Waals surface area (Å²) in [4.78, 5) is 32.4. The summed E-state index contributed by atoms with van der Waals surface area (Å²) in [7, 11) is 0. The number of para-hydroxylation sites is 1. The summed E-state index contributed by atoms with van der Waals surface area (Å²) in [5.41, 5.74) is 8.84. The molecule has 2 N–H and O–H groups in total. The Hall–Kier alpha value is -4.34. The Morgan fingerprint density at radius 2 is 1.62 bits per heavy atom. The summed E-state index contributed by atoms with van der Waals surface area (Å²) < 4.78 is 0. The maximum atomic E-state index is 14.8. The fourth-order valence-corrected chi connectivity index (χ4v) is 6.49. The van der Waals surface area contributed by atoms with E-state index in [1.165, 1.54) is 0 Å². The van der Waals surface area contributed by atoms with Gasteiger partial charge in [0.2, 0.25) is 5.91 Å². The zero-order valence-electron chi connectivity index (χ0n) is 21.7. The standard InChI is InChI=1S/C32H27ClN4O2/c1-31(2)16-26-28(27(38)17-31)32(24(18-34)29(35)37(26)22-14-12-21(33)13-15-22)23-10-6-7-11-25(23)36(30(32)39)19-20-8-4-3-5-9-20/h3-15H,16-17,19,35H2,1-2H3. The molecule has 0 aromatic heterocycles. The molecule has 1 aliphatic carbocycles. The second kappa shape index (κ2) is 8.86. The molecule has 0 fully saturated rings. The van der Waals surface area contributed by atoms with Crippen molar-refractivity contribution in [3.05, 3.63) is 118 Å². The minimum atomic E-state index is -1.62. The van der Waals surface area contributed by atoms with Crippen LogP contribution < -0.4 is 15.5 Å². The third-order valence-electron chi connectivity index (χ3n) is 7.91. The average Bonchev–Trinajstić information content (AvgIpc) is 3.13. The van der Waals surface area contributed by atoms with E-state index < -0.39 is 5.41 Å². The molecule has 3 aliphatic rings. The molecule has 0 saturated carbocycles. The van der Waals surface area contributed by atoms with Gasteiger partial charge in [0.05, 0.1) is 12.1 Å². The van der Waals surface area contributed by atoms with Crippen molar-refractivity contribution in [3.63, 3.8) is 0 Å². The van der Waals surface area contributed by atoms with Crippen LogP contribution in [0.5, 0.6) is 0 Å². The van der Waals surface area contributed by atoms with Crippen molar-refractivity contribution in [2.45, 2.75) is 38.6 Å². The molecule has 1 atom stereocenters. The number of amides is 1. The summed E-state index contributed by atoms with van der Waals surface area (Å²) >= 11 is 6.17. The lowest BCUT2D eigenvalue weighted by molar-refractivity contribution is -0.125. The number of halogens is 1. The van der Waals surface area contributed by atoms with Crippen LogP contribution >= 0.6 is 11.6 Å². The van der Waals surface area contributed by atoms with Gasteiger partial charge in [-0.15, -0.1) is 0 Å². The first-order valence-electron chi connectivity index (χ1n) is 12.9. The van der Waals surface area contributed by atoms with Crippen LogP contribution in [0.1, 0.15) is 37.8 Å². The van der Waals surface area contributed by atoms with Gasteiger partial charge in [-0.05, 0) is 47.7 Å². The van der Waals surface area contributed by atoms with Crippen molar-refractivity contribution >= 4 is 34.7 Å². The fraction of sp³-hybridized carbons (Fsp3) is 0.219. The number of hydrogen-bond donors (Lipinski definition) is 1. The van der Waals surface area contributed by atoms with Crippen LogP contribution in [0.25, 0.3) is 0 Å². The Kier molecular flexibility index (Phi) is 5.67. The number of rotatable bonds is 3. The molecule has 6 nitrogen and oxygen atoms in total. The molecule has 1 unspecified atom stereocenters. The van der Waals surface area contributed by atoms with Crippen LogP contribution in [-0.4, -0.2) is 11.7 Å². The number of nitrogens with zero attached hydrogens (tertiary/aromatic N) is 3. The number of nitrogens with two attached hydrogens (primary N) is 1. The fourth-order valence-electron chi connectivity index (χ4n) is 6.36. The SMILES string of the molecule is CC1(C)CC(=O)C2=C(C1)N(c1ccc(Cl)cc1)C(N)=C(C#N)C21C(=O)N(Cc2ccccc2)c2ccccc21. The van der Waals surface area contributed by atoms with Crippen LogP contribution in [0.3, 0.4) is 0 Å². The molecule has 194 valence electrons. The monoisotopic (exact) mass is 534 g/mol. The molecule has 39 heavy (non-hydrogen) atoms. The van der Waals surface area contributed by atoms with Crippen molar-refractivity contribution in [2.24, 2.45) is 11.1 Å². The van der Waals surface area contributed by atoms with Gasteiger partial charge in [-0.3, -0.25) is 14.5 Å². The van der Waals surface area contributed by atoms with Crippen LogP contribution in [0, 0.1) is 16.7 Å². The molecule has 6 rings (SSSR count). The van der Waals surface area contributed by atoms with E-state index in [4.69, 9.17) is 17.3 Å². The highest BCUT2D eigenvalue weighted by Gasteiger charge is 2.63. The van der Waals surface area contributed by atoms with E-state index in [2.05, 4.69) is 6.07 Å². The lowest BCUT2D eigenvalue weighted by Crippen LogP contribution is -2.53. The molecule has 7 heteroatoms. The van der Waals surface area contributed by atoms with Crippen LogP contribution in [0.15, 0.2) is 102 Å². The molecular weight excluding hydrogens is 508 g/mol. The Morgan fingerprint density at radius 3 is 2.31 bits per heavy atom. The van der Waals surface area contributed by atoms with Crippen molar-refractivity contribution in [3.8, 4) is 6.07 Å². The van der Waals surface area contributed by atoms with E-state index in [0.29, 0.717) is 46.2 Å². The quantitative estimate of drug-likeness (QED) is 0.446. The van der Waals surface area contributed by atoms with Crippen LogP contribution in [-0.2, 0) is 21.5 Å². The van der Waals surface area contributed by atoms with Gasteiger partial charge >= 0.3 is 0 Å². The number of allylic oxidation sites excluding steroid dienone is 1. The molecule has 0 radical (unpaired) electrons. The number of ketones is 1. The molecule has 0 bridgehead atoms. The van der Waals surface area contributed by atoms with E-state index in [1.54, 1.807) is 21.9 Å². The molecular formula is C32H27ClN4O2. The number of anilines is 2. The van der Waals surface area contributed by atoms with Gasteiger partial charge in [0, 0.05) is 39.7 Å². The van der Waals surface area contributed by atoms with Gasteiger partial charge < -0.3 is 10.6 Å². The van der Waals surface area contributed by atoms with Gasteiger partial charge in [-0.2, -0.15) is 5.26 Å². The molecule has 0 saturated heterocycles. The third kappa shape index (κ3) is 3.61. The van der Waals surface area contributed by atoms with Gasteiger partial charge in [-0.1, -0.05) is 74.0 Å². The highest BCUT2D eigenvalue weighted by molar-refractivity contribution is 6.30. The number of carbonyl (C=O) groups is 2. The summed E-state index contributed by atoms with van der Waals surface area (Å²) in [6, 6.07) is 26.5. The largest absolute Gasteiger partial charge is 0.384 e. The summed E-state index contributed by atoms with van der Waals surface area (Å²) in [6.07, 6.45) is 0.765. The smallest absolute Gasteiger partial charge is 0.248 e. The third-order valence-corrected chi connectivity index (χ3v) is 8.17. The molecule has 1 spiro atoms. The van der Waals surface area contributed by atoms with E-state index in [-0.39, 0.29) is 34.9 Å². The van der Waals surface area contributed by atoms with E-state index in [9.17, 15) is 14.9 Å². The topological polar surface area (TPSA) is 90.4 Å². The minimum absolute atomic E-state index is 0.0669. The normalized spacial score (nSPS) is 21.8. The summed E-state index contributed by atoms with van der Waals surface area (Å²) in [5, 5.41) is 11.2. The van der Waals surface area contributed by atoms with Crippen molar-refractivity contribution < 1.29 is 9.59 Å². The van der Waals surface area contributed by atoms with Gasteiger partial charge in [0.1, 0.15) is 17.3 Å². The predicted octanol–water partition coefficient (Wildman–Crippen LogP) is 5.98.